The first-order valence-corrected chi connectivity index (χ1v) is 10.3. The Kier molecular flexibility index (Phi) is 6.69. The van der Waals surface area contributed by atoms with E-state index in [0.29, 0.717) is 23.9 Å². The molecule has 1 atom stereocenters. The second-order valence-corrected chi connectivity index (χ2v) is 7.87. The summed E-state index contributed by atoms with van der Waals surface area (Å²) in [5.74, 6) is 0.530. The van der Waals surface area contributed by atoms with E-state index >= 15 is 0 Å². The van der Waals surface area contributed by atoms with Gasteiger partial charge in [0.05, 0.1) is 5.56 Å². The first kappa shape index (κ1) is 18.9. The predicted molar refractivity (Wildman–Crippen MR) is 105 cm³/mol. The van der Waals surface area contributed by atoms with Crippen molar-refractivity contribution in [3.8, 4) is 0 Å². The Balaban J connectivity index is 1.43. The predicted octanol–water partition coefficient (Wildman–Crippen LogP) is 4.35. The number of piperidine rings is 1. The van der Waals surface area contributed by atoms with Crippen LogP contribution in [-0.4, -0.2) is 29.8 Å². The largest absolute Gasteiger partial charge is 0.352 e. The SMILES string of the molecule is O=C(CC[C@H]1CCCN(C(=O)c2ccsc2)C1)NCc1ccccc1Cl. The molecule has 0 bridgehead atoms. The second kappa shape index (κ2) is 9.19. The third kappa shape index (κ3) is 5.08. The van der Waals surface area contributed by atoms with Crippen molar-refractivity contribution in [1.29, 1.82) is 0 Å². The number of thiophene rings is 1. The Labute approximate surface area is 163 Å². The van der Waals surface area contributed by atoms with Crippen molar-refractivity contribution in [3.63, 3.8) is 0 Å². The molecule has 1 N–H and O–H groups in total. The fourth-order valence-corrected chi connectivity index (χ4v) is 4.15. The van der Waals surface area contributed by atoms with Crippen molar-refractivity contribution >= 4 is 34.8 Å². The lowest BCUT2D eigenvalue weighted by Crippen LogP contribution is -2.40. The molecule has 1 saturated heterocycles. The number of hydrogen-bond donors (Lipinski definition) is 1. The van der Waals surface area contributed by atoms with Crippen LogP contribution in [-0.2, 0) is 11.3 Å². The molecule has 2 amide bonds. The van der Waals surface area contributed by atoms with Gasteiger partial charge in [-0.05, 0) is 48.3 Å². The average Bonchev–Trinajstić information content (AvgIpc) is 3.20. The minimum absolute atomic E-state index is 0.0335. The topological polar surface area (TPSA) is 49.4 Å². The lowest BCUT2D eigenvalue weighted by molar-refractivity contribution is -0.121. The summed E-state index contributed by atoms with van der Waals surface area (Å²) >= 11 is 7.65. The summed E-state index contributed by atoms with van der Waals surface area (Å²) in [5, 5.41) is 7.43. The number of carbonyl (C=O) groups is 2. The summed E-state index contributed by atoms with van der Waals surface area (Å²) in [6, 6.07) is 9.40. The summed E-state index contributed by atoms with van der Waals surface area (Å²) in [7, 11) is 0. The van der Waals surface area contributed by atoms with E-state index in [4.69, 9.17) is 11.6 Å². The number of nitrogens with zero attached hydrogens (tertiary/aromatic N) is 1. The Morgan fingerprint density at radius 2 is 2.12 bits per heavy atom. The third-order valence-electron chi connectivity index (χ3n) is 4.79. The van der Waals surface area contributed by atoms with Crippen LogP contribution < -0.4 is 5.32 Å². The van der Waals surface area contributed by atoms with Gasteiger partial charge >= 0.3 is 0 Å². The maximum absolute atomic E-state index is 12.5. The lowest BCUT2D eigenvalue weighted by atomic mass is 9.93. The minimum Gasteiger partial charge on any atom is -0.352 e. The number of hydrogen-bond acceptors (Lipinski definition) is 3. The van der Waals surface area contributed by atoms with Crippen LogP contribution in [0.2, 0.25) is 5.02 Å². The highest BCUT2D eigenvalue weighted by Gasteiger charge is 2.25. The molecule has 1 aliphatic heterocycles. The van der Waals surface area contributed by atoms with Gasteiger partial charge in [0.2, 0.25) is 5.91 Å². The van der Waals surface area contributed by atoms with Gasteiger partial charge in [-0.25, -0.2) is 0 Å². The van der Waals surface area contributed by atoms with Crippen molar-refractivity contribution in [2.75, 3.05) is 13.1 Å². The van der Waals surface area contributed by atoms with Gasteiger partial charge in [0.1, 0.15) is 0 Å². The van der Waals surface area contributed by atoms with E-state index < -0.39 is 0 Å². The molecule has 1 aliphatic rings. The summed E-state index contributed by atoms with van der Waals surface area (Å²) in [4.78, 5) is 26.5. The highest BCUT2D eigenvalue weighted by Crippen LogP contribution is 2.23. The van der Waals surface area contributed by atoms with Crippen LogP contribution in [0.5, 0.6) is 0 Å². The Morgan fingerprint density at radius 3 is 2.88 bits per heavy atom. The molecule has 138 valence electrons. The van der Waals surface area contributed by atoms with Crippen molar-refractivity contribution in [3.05, 3.63) is 57.2 Å². The quantitative estimate of drug-likeness (QED) is 0.797. The molecule has 4 nitrogen and oxygen atoms in total. The van der Waals surface area contributed by atoms with E-state index in [2.05, 4.69) is 5.32 Å². The number of nitrogens with one attached hydrogen (secondary N) is 1. The minimum atomic E-state index is 0.0335. The fourth-order valence-electron chi connectivity index (χ4n) is 3.31. The zero-order valence-electron chi connectivity index (χ0n) is 14.6. The van der Waals surface area contributed by atoms with E-state index in [1.165, 1.54) is 0 Å². The molecule has 1 fully saturated rings. The molecule has 0 saturated carbocycles. The first-order chi connectivity index (χ1) is 12.6. The van der Waals surface area contributed by atoms with E-state index in [1.807, 2.05) is 46.0 Å². The zero-order chi connectivity index (χ0) is 18.4. The number of halogens is 1. The van der Waals surface area contributed by atoms with Gasteiger partial charge in [0.25, 0.3) is 5.91 Å². The summed E-state index contributed by atoms with van der Waals surface area (Å²) in [5.41, 5.74) is 1.70. The van der Waals surface area contributed by atoms with Gasteiger partial charge in [0, 0.05) is 36.5 Å². The van der Waals surface area contributed by atoms with Gasteiger partial charge in [-0.15, -0.1) is 0 Å². The molecule has 1 aromatic heterocycles. The second-order valence-electron chi connectivity index (χ2n) is 6.68. The molecule has 3 rings (SSSR count). The standard InChI is InChI=1S/C20H23ClN2O2S/c21-18-6-2-1-5-16(18)12-22-19(24)8-7-15-4-3-10-23(13-15)20(25)17-9-11-26-14-17/h1-2,5-6,9,11,14-15H,3-4,7-8,10,12-13H2,(H,22,24)/t15-/m1/s1. The molecule has 0 radical (unpaired) electrons. The molecule has 0 aliphatic carbocycles. The molecule has 0 unspecified atom stereocenters. The number of amides is 2. The third-order valence-corrected chi connectivity index (χ3v) is 5.84. The maximum atomic E-state index is 12.5. The van der Waals surface area contributed by atoms with Gasteiger partial charge in [-0.1, -0.05) is 29.8 Å². The Bertz CT molecular complexity index is 748. The fraction of sp³-hybridized carbons (Fsp3) is 0.400. The molecular formula is C20H23ClN2O2S. The van der Waals surface area contributed by atoms with Crippen LogP contribution in [0.3, 0.4) is 0 Å². The molecule has 0 spiro atoms. The molecule has 2 heterocycles. The molecule has 26 heavy (non-hydrogen) atoms. The average molecular weight is 391 g/mol. The van der Waals surface area contributed by atoms with Crippen LogP contribution in [0.15, 0.2) is 41.1 Å². The molecule has 1 aromatic carbocycles. The van der Waals surface area contributed by atoms with E-state index in [1.54, 1.807) is 11.3 Å². The highest BCUT2D eigenvalue weighted by atomic mass is 35.5. The maximum Gasteiger partial charge on any atom is 0.254 e. The Morgan fingerprint density at radius 1 is 1.27 bits per heavy atom. The summed E-state index contributed by atoms with van der Waals surface area (Å²) < 4.78 is 0. The van der Waals surface area contributed by atoms with E-state index in [9.17, 15) is 9.59 Å². The van der Waals surface area contributed by atoms with E-state index in [0.717, 1.165) is 43.5 Å². The smallest absolute Gasteiger partial charge is 0.254 e. The van der Waals surface area contributed by atoms with Gasteiger partial charge in [-0.2, -0.15) is 11.3 Å². The van der Waals surface area contributed by atoms with Crippen molar-refractivity contribution < 1.29 is 9.59 Å². The number of benzene rings is 1. The van der Waals surface area contributed by atoms with Crippen LogP contribution >= 0.6 is 22.9 Å². The van der Waals surface area contributed by atoms with E-state index in [-0.39, 0.29) is 11.8 Å². The van der Waals surface area contributed by atoms with Gasteiger partial charge in [0.15, 0.2) is 0 Å². The van der Waals surface area contributed by atoms with Crippen LogP contribution in [0.25, 0.3) is 0 Å². The normalized spacial score (nSPS) is 17.1. The highest BCUT2D eigenvalue weighted by molar-refractivity contribution is 7.08. The van der Waals surface area contributed by atoms with Crippen LogP contribution in [0.1, 0.15) is 41.6 Å². The van der Waals surface area contributed by atoms with Crippen molar-refractivity contribution in [2.24, 2.45) is 5.92 Å². The van der Waals surface area contributed by atoms with Crippen molar-refractivity contribution in [2.45, 2.75) is 32.2 Å². The van der Waals surface area contributed by atoms with Crippen molar-refractivity contribution in [1.82, 2.24) is 10.2 Å². The molecule has 2 aromatic rings. The summed E-state index contributed by atoms with van der Waals surface area (Å²) in [6.07, 6.45) is 3.37. The van der Waals surface area contributed by atoms with Crippen LogP contribution in [0, 0.1) is 5.92 Å². The monoisotopic (exact) mass is 390 g/mol. The number of rotatable bonds is 6. The van der Waals surface area contributed by atoms with Crippen LogP contribution in [0.4, 0.5) is 0 Å². The Hall–Kier alpha value is -1.85. The first-order valence-electron chi connectivity index (χ1n) is 8.95. The van der Waals surface area contributed by atoms with Gasteiger partial charge in [-0.3, -0.25) is 9.59 Å². The number of likely N-dealkylation sites (tertiary alicyclic amines) is 1. The number of carbonyl (C=O) groups excluding carboxylic acids is 2. The van der Waals surface area contributed by atoms with Gasteiger partial charge < -0.3 is 10.2 Å². The summed E-state index contributed by atoms with van der Waals surface area (Å²) in [6.45, 7) is 2.00. The molecular weight excluding hydrogens is 368 g/mol. The molecule has 6 heteroatoms. The zero-order valence-corrected chi connectivity index (χ0v) is 16.2. The lowest BCUT2D eigenvalue weighted by Gasteiger charge is -2.32.